The third-order valence-corrected chi connectivity index (χ3v) is 3.40. The van der Waals surface area contributed by atoms with Gasteiger partial charge in [-0.25, -0.2) is 4.39 Å². The fourth-order valence-electron chi connectivity index (χ4n) is 1.80. The van der Waals surface area contributed by atoms with Crippen molar-refractivity contribution in [3.8, 4) is 0 Å². The van der Waals surface area contributed by atoms with Crippen LogP contribution in [0.5, 0.6) is 0 Å². The summed E-state index contributed by atoms with van der Waals surface area (Å²) in [5.41, 5.74) is 0.866. The molecule has 0 aliphatic heterocycles. The van der Waals surface area contributed by atoms with Gasteiger partial charge in [0.15, 0.2) is 0 Å². The number of rotatable bonds is 3. The van der Waals surface area contributed by atoms with E-state index in [9.17, 15) is 9.50 Å². The maximum atomic E-state index is 13.6. The number of hydrogen-bond acceptors (Lipinski definition) is 1. The van der Waals surface area contributed by atoms with Crippen molar-refractivity contribution in [3.05, 3.63) is 69.5 Å². The molecular weight excluding hydrogens is 274 g/mol. The van der Waals surface area contributed by atoms with Gasteiger partial charge in [0.25, 0.3) is 0 Å². The van der Waals surface area contributed by atoms with E-state index in [-0.39, 0.29) is 17.0 Å². The first kappa shape index (κ1) is 13.3. The topological polar surface area (TPSA) is 20.2 Å². The summed E-state index contributed by atoms with van der Waals surface area (Å²) in [6, 6.07) is 11.5. The zero-order chi connectivity index (χ0) is 13.1. The summed E-state index contributed by atoms with van der Waals surface area (Å²) in [6.07, 6.45) is -0.793. The van der Waals surface area contributed by atoms with Gasteiger partial charge in [-0.15, -0.1) is 0 Å². The van der Waals surface area contributed by atoms with Crippen molar-refractivity contribution < 1.29 is 9.50 Å². The molecule has 2 aromatic carbocycles. The van der Waals surface area contributed by atoms with Gasteiger partial charge in [-0.05, 0) is 23.8 Å². The van der Waals surface area contributed by atoms with Gasteiger partial charge in [0.05, 0.1) is 6.10 Å². The lowest BCUT2D eigenvalue weighted by Gasteiger charge is -2.14. The molecule has 0 aromatic heterocycles. The number of hydrogen-bond donors (Lipinski definition) is 1. The van der Waals surface area contributed by atoms with Crippen molar-refractivity contribution in [3.63, 3.8) is 0 Å². The first-order valence-corrected chi connectivity index (χ1v) is 6.20. The molecule has 0 saturated heterocycles. The summed E-state index contributed by atoms with van der Waals surface area (Å²) in [6.45, 7) is 0. The highest BCUT2D eigenvalue weighted by Crippen LogP contribution is 2.29. The van der Waals surface area contributed by atoms with Crippen molar-refractivity contribution in [2.75, 3.05) is 0 Å². The highest BCUT2D eigenvalue weighted by Gasteiger charge is 2.17. The molecule has 0 saturated carbocycles. The number of aliphatic hydroxyl groups excluding tert-OH is 1. The largest absolute Gasteiger partial charge is 0.388 e. The quantitative estimate of drug-likeness (QED) is 0.885. The van der Waals surface area contributed by atoms with Gasteiger partial charge >= 0.3 is 0 Å². The van der Waals surface area contributed by atoms with E-state index in [1.54, 1.807) is 24.3 Å². The number of halogens is 3. The van der Waals surface area contributed by atoms with Crippen LogP contribution in [-0.4, -0.2) is 5.11 Å². The number of benzene rings is 2. The minimum absolute atomic E-state index is 0.110. The summed E-state index contributed by atoms with van der Waals surface area (Å²) in [5.74, 6) is -0.512. The molecule has 18 heavy (non-hydrogen) atoms. The van der Waals surface area contributed by atoms with E-state index in [0.717, 1.165) is 5.56 Å². The lowest BCUT2D eigenvalue weighted by atomic mass is 10.0. The molecule has 1 atom stereocenters. The van der Waals surface area contributed by atoms with E-state index in [2.05, 4.69) is 0 Å². The Hall–Kier alpha value is -1.09. The summed E-state index contributed by atoms with van der Waals surface area (Å²) < 4.78 is 13.6. The summed E-state index contributed by atoms with van der Waals surface area (Å²) in [4.78, 5) is 0. The van der Waals surface area contributed by atoms with Gasteiger partial charge in [-0.2, -0.15) is 0 Å². The minimum atomic E-state index is -1.02. The third-order valence-electron chi connectivity index (χ3n) is 2.70. The molecule has 0 heterocycles. The van der Waals surface area contributed by atoms with Gasteiger partial charge < -0.3 is 5.11 Å². The van der Waals surface area contributed by atoms with E-state index in [1.165, 1.54) is 12.1 Å². The fraction of sp³-hybridized carbons (Fsp3) is 0.143. The molecule has 1 unspecified atom stereocenters. The van der Waals surface area contributed by atoms with E-state index in [0.29, 0.717) is 5.02 Å². The molecule has 2 aromatic rings. The first-order valence-electron chi connectivity index (χ1n) is 5.45. The molecule has 2 rings (SSSR count). The van der Waals surface area contributed by atoms with Crippen molar-refractivity contribution in [2.45, 2.75) is 12.5 Å². The second-order valence-corrected chi connectivity index (χ2v) is 4.76. The smallest absolute Gasteiger partial charge is 0.130 e. The molecule has 1 nitrogen and oxygen atoms in total. The zero-order valence-electron chi connectivity index (χ0n) is 9.41. The molecular formula is C14H11Cl2FO. The van der Waals surface area contributed by atoms with Crippen LogP contribution in [0.1, 0.15) is 17.2 Å². The Kier molecular flexibility index (Phi) is 4.23. The van der Waals surface area contributed by atoms with E-state index in [4.69, 9.17) is 23.2 Å². The monoisotopic (exact) mass is 284 g/mol. The van der Waals surface area contributed by atoms with Gasteiger partial charge in [0, 0.05) is 22.0 Å². The Morgan fingerprint density at radius 2 is 1.67 bits per heavy atom. The Bertz CT molecular complexity index is 537. The Morgan fingerprint density at radius 1 is 1.00 bits per heavy atom. The van der Waals surface area contributed by atoms with Gasteiger partial charge in [-0.1, -0.05) is 47.5 Å². The van der Waals surface area contributed by atoms with E-state index in [1.807, 2.05) is 6.07 Å². The number of aliphatic hydroxyl groups is 1. The van der Waals surface area contributed by atoms with Gasteiger partial charge in [0.1, 0.15) is 5.82 Å². The minimum Gasteiger partial charge on any atom is -0.388 e. The van der Waals surface area contributed by atoms with Crippen molar-refractivity contribution in [1.82, 2.24) is 0 Å². The zero-order valence-corrected chi connectivity index (χ0v) is 10.9. The average Bonchev–Trinajstić information content (AvgIpc) is 2.32. The van der Waals surface area contributed by atoms with Crippen LogP contribution in [0, 0.1) is 5.82 Å². The predicted molar refractivity (Wildman–Crippen MR) is 71.5 cm³/mol. The third kappa shape index (κ3) is 2.83. The van der Waals surface area contributed by atoms with Crippen LogP contribution in [0.2, 0.25) is 10.0 Å². The van der Waals surface area contributed by atoms with Crippen molar-refractivity contribution >= 4 is 23.2 Å². The Balaban J connectivity index is 2.28. The Labute approximate surface area is 115 Å². The molecule has 0 amide bonds. The second-order valence-electron chi connectivity index (χ2n) is 3.95. The fourth-order valence-corrected chi connectivity index (χ4v) is 2.31. The summed E-state index contributed by atoms with van der Waals surface area (Å²) in [7, 11) is 0. The van der Waals surface area contributed by atoms with Crippen LogP contribution in [0.15, 0.2) is 42.5 Å². The molecule has 0 fully saturated rings. The molecule has 0 bridgehead atoms. The molecule has 0 spiro atoms. The maximum absolute atomic E-state index is 13.6. The second kappa shape index (κ2) is 5.70. The van der Waals surface area contributed by atoms with Gasteiger partial charge in [0.2, 0.25) is 0 Å². The predicted octanol–water partition coefficient (Wildman–Crippen LogP) is 4.41. The highest BCUT2D eigenvalue weighted by molar-refractivity contribution is 6.31. The van der Waals surface area contributed by atoms with Crippen LogP contribution >= 0.6 is 23.2 Å². The van der Waals surface area contributed by atoms with Crippen LogP contribution in [-0.2, 0) is 6.42 Å². The molecule has 0 radical (unpaired) electrons. The molecule has 4 heteroatoms. The summed E-state index contributed by atoms with van der Waals surface area (Å²) in [5, 5.41) is 10.8. The van der Waals surface area contributed by atoms with Crippen molar-refractivity contribution in [1.29, 1.82) is 0 Å². The van der Waals surface area contributed by atoms with Crippen LogP contribution < -0.4 is 0 Å². The van der Waals surface area contributed by atoms with E-state index >= 15 is 0 Å². The molecule has 94 valence electrons. The lowest BCUT2D eigenvalue weighted by Crippen LogP contribution is -2.05. The first-order chi connectivity index (χ1) is 8.59. The molecule has 0 aliphatic carbocycles. The summed E-state index contributed by atoms with van der Waals surface area (Å²) >= 11 is 11.9. The van der Waals surface area contributed by atoms with E-state index < -0.39 is 11.9 Å². The van der Waals surface area contributed by atoms with Crippen molar-refractivity contribution in [2.24, 2.45) is 0 Å². The Morgan fingerprint density at radius 3 is 2.33 bits per heavy atom. The highest BCUT2D eigenvalue weighted by atomic mass is 35.5. The standard InChI is InChI=1S/C14H11Cl2FO/c15-10-5-2-1-4-9(10)8-13(18)14-11(16)6-3-7-12(14)17/h1-7,13,18H,8H2. The SMILES string of the molecule is OC(Cc1ccccc1Cl)c1c(F)cccc1Cl. The maximum Gasteiger partial charge on any atom is 0.130 e. The van der Waals surface area contributed by atoms with Crippen LogP contribution in [0.4, 0.5) is 4.39 Å². The van der Waals surface area contributed by atoms with Gasteiger partial charge in [-0.3, -0.25) is 0 Å². The lowest BCUT2D eigenvalue weighted by molar-refractivity contribution is 0.174. The normalized spacial score (nSPS) is 12.4. The van der Waals surface area contributed by atoms with Crippen LogP contribution in [0.3, 0.4) is 0 Å². The van der Waals surface area contributed by atoms with Crippen LogP contribution in [0.25, 0.3) is 0 Å². The average molecular weight is 285 g/mol. The molecule has 1 N–H and O–H groups in total. The molecule has 0 aliphatic rings.